The molecule has 7 nitrogen and oxygen atoms in total. The van der Waals surface area contributed by atoms with Gasteiger partial charge in [0.1, 0.15) is 5.76 Å². The van der Waals surface area contributed by atoms with Gasteiger partial charge in [-0.15, -0.1) is 0 Å². The third-order valence-corrected chi connectivity index (χ3v) is 6.97. The number of halogens is 1. The van der Waals surface area contributed by atoms with E-state index in [4.69, 9.17) is 4.42 Å². The van der Waals surface area contributed by atoms with E-state index >= 15 is 0 Å². The van der Waals surface area contributed by atoms with Crippen molar-refractivity contribution in [3.8, 4) is 0 Å². The lowest BCUT2D eigenvalue weighted by Crippen LogP contribution is -2.35. The van der Waals surface area contributed by atoms with Gasteiger partial charge < -0.3 is 9.73 Å². The molecule has 24 heavy (non-hydrogen) atoms. The SMILES string of the molecule is Cc1nn(Cc2ccc(C(=O)NC3CCS(=O)(=O)C3)o2)c(C)c1Br. The molecule has 0 spiro atoms. The Kier molecular flexibility index (Phi) is 4.56. The molecule has 9 heteroatoms. The van der Waals surface area contributed by atoms with Gasteiger partial charge >= 0.3 is 0 Å². The van der Waals surface area contributed by atoms with Crippen LogP contribution in [0.2, 0.25) is 0 Å². The van der Waals surface area contributed by atoms with Crippen molar-refractivity contribution >= 4 is 31.7 Å². The molecule has 0 aromatic carbocycles. The van der Waals surface area contributed by atoms with Crippen LogP contribution in [0.3, 0.4) is 0 Å². The molecule has 2 aromatic rings. The number of aryl methyl sites for hydroxylation is 1. The second-order valence-electron chi connectivity index (χ2n) is 5.98. The van der Waals surface area contributed by atoms with Crippen molar-refractivity contribution in [3.63, 3.8) is 0 Å². The van der Waals surface area contributed by atoms with Crippen LogP contribution >= 0.6 is 15.9 Å². The summed E-state index contributed by atoms with van der Waals surface area (Å²) < 4.78 is 31.2. The van der Waals surface area contributed by atoms with Crippen molar-refractivity contribution in [1.82, 2.24) is 15.1 Å². The molecule has 0 aliphatic carbocycles. The molecule has 1 amide bonds. The van der Waals surface area contributed by atoms with Crippen molar-refractivity contribution < 1.29 is 17.6 Å². The molecule has 1 saturated heterocycles. The smallest absolute Gasteiger partial charge is 0.287 e. The minimum atomic E-state index is -3.03. The van der Waals surface area contributed by atoms with Crippen LogP contribution in [-0.4, -0.2) is 41.7 Å². The normalized spacial score (nSPS) is 19.5. The number of aromatic nitrogens is 2. The van der Waals surface area contributed by atoms with Gasteiger partial charge in [0.15, 0.2) is 15.6 Å². The number of sulfone groups is 1. The first-order valence-corrected chi connectivity index (χ1v) is 10.2. The summed E-state index contributed by atoms with van der Waals surface area (Å²) in [5.41, 5.74) is 1.87. The molecule has 1 atom stereocenters. The van der Waals surface area contributed by atoms with Gasteiger partial charge in [-0.25, -0.2) is 8.42 Å². The molecule has 1 aliphatic heterocycles. The highest BCUT2D eigenvalue weighted by molar-refractivity contribution is 9.10. The summed E-state index contributed by atoms with van der Waals surface area (Å²) in [6, 6.07) is 2.97. The van der Waals surface area contributed by atoms with E-state index in [1.165, 1.54) is 0 Å². The van der Waals surface area contributed by atoms with Crippen molar-refractivity contribution in [2.45, 2.75) is 32.9 Å². The summed E-state index contributed by atoms with van der Waals surface area (Å²) >= 11 is 3.47. The van der Waals surface area contributed by atoms with Crippen LogP contribution in [0.5, 0.6) is 0 Å². The molecule has 3 heterocycles. The zero-order valence-corrected chi connectivity index (χ0v) is 15.8. The lowest BCUT2D eigenvalue weighted by atomic mass is 10.2. The predicted octanol–water partition coefficient (Wildman–Crippen LogP) is 1.82. The largest absolute Gasteiger partial charge is 0.454 e. The molecule has 3 rings (SSSR count). The van der Waals surface area contributed by atoms with Crippen LogP contribution in [0, 0.1) is 13.8 Å². The summed E-state index contributed by atoms with van der Waals surface area (Å²) in [7, 11) is -3.03. The van der Waals surface area contributed by atoms with E-state index in [-0.39, 0.29) is 23.3 Å². The number of nitrogens with zero attached hydrogens (tertiary/aromatic N) is 2. The Morgan fingerprint density at radius 1 is 1.46 bits per heavy atom. The minimum Gasteiger partial charge on any atom is -0.454 e. The number of amides is 1. The molecule has 130 valence electrons. The Morgan fingerprint density at radius 3 is 2.79 bits per heavy atom. The monoisotopic (exact) mass is 415 g/mol. The summed E-state index contributed by atoms with van der Waals surface area (Å²) in [5.74, 6) is 0.505. The second-order valence-corrected chi connectivity index (χ2v) is 9.00. The lowest BCUT2D eigenvalue weighted by Gasteiger charge is -2.08. The fourth-order valence-corrected chi connectivity index (χ4v) is 4.68. The molecule has 1 aliphatic rings. The van der Waals surface area contributed by atoms with Crippen LogP contribution in [0.25, 0.3) is 0 Å². The highest BCUT2D eigenvalue weighted by Crippen LogP contribution is 2.21. The fraction of sp³-hybridized carbons (Fsp3) is 0.467. The van der Waals surface area contributed by atoms with Crippen LogP contribution in [0.1, 0.15) is 34.1 Å². The van der Waals surface area contributed by atoms with Crippen LogP contribution in [0.4, 0.5) is 0 Å². The van der Waals surface area contributed by atoms with Crippen molar-refractivity contribution in [1.29, 1.82) is 0 Å². The zero-order valence-electron chi connectivity index (χ0n) is 13.4. The summed E-state index contributed by atoms with van der Waals surface area (Å²) in [6.07, 6.45) is 0.446. The second kappa shape index (κ2) is 6.36. The molecule has 1 unspecified atom stereocenters. The maximum atomic E-state index is 12.2. The number of hydrogen-bond acceptors (Lipinski definition) is 5. The van der Waals surface area contributed by atoms with E-state index in [1.54, 1.807) is 16.8 Å². The number of carbonyl (C=O) groups is 1. The number of nitrogens with one attached hydrogen (secondary N) is 1. The molecule has 2 aromatic heterocycles. The standard InChI is InChI=1S/C15H18BrN3O4S/c1-9-14(16)10(2)19(18-9)7-12-3-4-13(23-12)15(20)17-11-5-6-24(21,22)8-11/h3-4,11H,5-8H2,1-2H3,(H,17,20). The zero-order chi connectivity index (χ0) is 17.5. The maximum absolute atomic E-state index is 12.2. The summed E-state index contributed by atoms with van der Waals surface area (Å²) in [6.45, 7) is 4.27. The van der Waals surface area contributed by atoms with Crippen LogP contribution < -0.4 is 5.32 Å². The molecule has 0 saturated carbocycles. The van der Waals surface area contributed by atoms with Crippen molar-refractivity contribution in [3.05, 3.63) is 39.5 Å². The van der Waals surface area contributed by atoms with E-state index in [0.29, 0.717) is 18.7 Å². The van der Waals surface area contributed by atoms with Gasteiger partial charge in [0.05, 0.1) is 33.9 Å². The first-order chi connectivity index (χ1) is 11.2. The first kappa shape index (κ1) is 17.2. The Morgan fingerprint density at radius 2 is 2.21 bits per heavy atom. The fourth-order valence-electron chi connectivity index (χ4n) is 2.73. The third-order valence-electron chi connectivity index (χ3n) is 4.05. The minimum absolute atomic E-state index is 0.00785. The molecular weight excluding hydrogens is 398 g/mol. The van der Waals surface area contributed by atoms with E-state index < -0.39 is 15.7 Å². The van der Waals surface area contributed by atoms with Crippen molar-refractivity contribution in [2.75, 3.05) is 11.5 Å². The molecule has 1 fully saturated rings. The molecule has 1 N–H and O–H groups in total. The van der Waals surface area contributed by atoms with Gasteiger partial charge in [-0.1, -0.05) is 0 Å². The lowest BCUT2D eigenvalue weighted by molar-refractivity contribution is 0.0911. The van der Waals surface area contributed by atoms with Crippen molar-refractivity contribution in [2.24, 2.45) is 0 Å². The van der Waals surface area contributed by atoms with Crippen LogP contribution in [0.15, 0.2) is 21.0 Å². The van der Waals surface area contributed by atoms with E-state index in [2.05, 4.69) is 26.3 Å². The summed E-state index contributed by atoms with van der Waals surface area (Å²) in [5, 5.41) is 7.11. The van der Waals surface area contributed by atoms with Gasteiger partial charge in [0.2, 0.25) is 0 Å². The Balaban J connectivity index is 1.67. The van der Waals surface area contributed by atoms with E-state index in [9.17, 15) is 13.2 Å². The first-order valence-electron chi connectivity index (χ1n) is 7.54. The average Bonchev–Trinajstić information content (AvgIpc) is 3.16. The van der Waals surface area contributed by atoms with Gasteiger partial charge in [-0.2, -0.15) is 5.10 Å². The summed E-state index contributed by atoms with van der Waals surface area (Å²) in [4.78, 5) is 12.2. The number of furan rings is 1. The Labute approximate surface area is 148 Å². The molecular formula is C15H18BrN3O4S. The maximum Gasteiger partial charge on any atom is 0.287 e. The van der Waals surface area contributed by atoms with E-state index in [1.807, 2.05) is 13.8 Å². The van der Waals surface area contributed by atoms with Gasteiger partial charge in [0.25, 0.3) is 5.91 Å². The molecule has 0 bridgehead atoms. The quantitative estimate of drug-likeness (QED) is 0.821. The number of carbonyl (C=O) groups excluding carboxylic acids is 1. The predicted molar refractivity (Wildman–Crippen MR) is 91.7 cm³/mol. The van der Waals surface area contributed by atoms with E-state index in [0.717, 1.165) is 15.9 Å². The van der Waals surface area contributed by atoms with Gasteiger partial charge in [-0.05, 0) is 48.3 Å². The Hall–Kier alpha value is -1.61. The third kappa shape index (κ3) is 3.56. The van der Waals surface area contributed by atoms with Gasteiger partial charge in [-0.3, -0.25) is 9.48 Å². The topological polar surface area (TPSA) is 94.2 Å². The Bertz CT molecular complexity index is 885. The average molecular weight is 416 g/mol. The van der Waals surface area contributed by atoms with Gasteiger partial charge in [0, 0.05) is 6.04 Å². The highest BCUT2D eigenvalue weighted by atomic mass is 79.9. The van der Waals surface area contributed by atoms with Crippen LogP contribution in [-0.2, 0) is 16.4 Å². The number of rotatable bonds is 4. The highest BCUT2D eigenvalue weighted by Gasteiger charge is 2.29. The number of hydrogen-bond donors (Lipinski definition) is 1. The molecule has 0 radical (unpaired) electrons.